The van der Waals surface area contributed by atoms with Crippen molar-refractivity contribution in [1.82, 2.24) is 25.2 Å². The van der Waals surface area contributed by atoms with E-state index in [0.29, 0.717) is 11.3 Å². The molecule has 0 bridgehead atoms. The second-order valence-corrected chi connectivity index (χ2v) is 7.86. The largest absolute Gasteiger partial charge is 0.355 e. The summed E-state index contributed by atoms with van der Waals surface area (Å²) < 4.78 is 2.21. The van der Waals surface area contributed by atoms with Gasteiger partial charge in [0.05, 0.1) is 0 Å². The zero-order chi connectivity index (χ0) is 16.8. The number of nitrogens with zero attached hydrogens (tertiary/aromatic N) is 4. The van der Waals surface area contributed by atoms with E-state index in [4.69, 9.17) is 0 Å². The molecule has 0 spiro atoms. The summed E-state index contributed by atoms with van der Waals surface area (Å²) in [6.45, 7) is 3.96. The molecular formula is C17H25IN6S. The lowest BCUT2D eigenvalue weighted by atomic mass is 10.1. The normalized spacial score (nSPS) is 20.2. The second kappa shape index (κ2) is 9.42. The summed E-state index contributed by atoms with van der Waals surface area (Å²) in [5.41, 5.74) is 1.11. The van der Waals surface area contributed by atoms with Crippen molar-refractivity contribution in [2.45, 2.75) is 31.1 Å². The van der Waals surface area contributed by atoms with E-state index < -0.39 is 0 Å². The fraction of sp³-hybridized carbons (Fsp3) is 0.471. The Morgan fingerprint density at radius 2 is 2.28 bits per heavy atom. The van der Waals surface area contributed by atoms with Gasteiger partial charge in [-0.3, -0.25) is 9.56 Å². The maximum Gasteiger partial charge on any atom is 0.191 e. The van der Waals surface area contributed by atoms with Crippen LogP contribution in [0.4, 0.5) is 0 Å². The van der Waals surface area contributed by atoms with Gasteiger partial charge >= 0.3 is 0 Å². The van der Waals surface area contributed by atoms with E-state index in [2.05, 4.69) is 38.6 Å². The molecule has 6 nitrogen and oxygen atoms in total. The molecule has 25 heavy (non-hydrogen) atoms. The van der Waals surface area contributed by atoms with Crippen LogP contribution in [0.15, 0.2) is 42.0 Å². The molecule has 3 heterocycles. The van der Waals surface area contributed by atoms with Gasteiger partial charge in [-0.15, -0.1) is 24.0 Å². The summed E-state index contributed by atoms with van der Waals surface area (Å²) in [4.78, 5) is 12.8. The molecule has 3 rings (SSSR count). The Labute approximate surface area is 170 Å². The van der Waals surface area contributed by atoms with Gasteiger partial charge in [-0.05, 0) is 37.1 Å². The van der Waals surface area contributed by atoms with Crippen LogP contribution in [0, 0.1) is 0 Å². The highest BCUT2D eigenvalue weighted by molar-refractivity contribution is 14.0. The molecule has 2 aromatic heterocycles. The van der Waals surface area contributed by atoms with Gasteiger partial charge in [0, 0.05) is 43.5 Å². The van der Waals surface area contributed by atoms with Crippen LogP contribution in [0.1, 0.15) is 25.3 Å². The number of thioether (sulfide) groups is 1. The smallest absolute Gasteiger partial charge is 0.191 e. The molecule has 2 aromatic rings. The lowest BCUT2D eigenvalue weighted by Crippen LogP contribution is -2.43. The molecule has 2 N–H and O–H groups in total. The summed E-state index contributed by atoms with van der Waals surface area (Å²) >= 11 is 2.05. The van der Waals surface area contributed by atoms with Crippen LogP contribution in [0.3, 0.4) is 0 Å². The standard InChI is InChI=1S/C17H24N6S.HI/c1-17(6-3-9-24-17)12-22-16(18-2)21-11-14-4-5-15(20-10-14)23-8-7-19-13-23;/h4-5,7-8,10,13H,3,6,9,11-12H2,1-2H3,(H2,18,21,22);1H. The number of guanidine groups is 1. The van der Waals surface area contributed by atoms with Gasteiger partial charge in [0.2, 0.25) is 0 Å². The van der Waals surface area contributed by atoms with Crippen LogP contribution in [0.2, 0.25) is 0 Å². The summed E-state index contributed by atoms with van der Waals surface area (Å²) in [5.74, 6) is 2.96. The first-order valence-corrected chi connectivity index (χ1v) is 9.19. The average Bonchev–Trinajstić information content (AvgIpc) is 3.28. The molecule has 0 saturated carbocycles. The summed E-state index contributed by atoms with van der Waals surface area (Å²) in [6, 6.07) is 4.06. The van der Waals surface area contributed by atoms with E-state index >= 15 is 0 Å². The highest BCUT2D eigenvalue weighted by Gasteiger charge is 2.29. The number of pyridine rings is 1. The highest BCUT2D eigenvalue weighted by Crippen LogP contribution is 2.36. The predicted octanol–water partition coefficient (Wildman–Crippen LogP) is 2.84. The molecule has 1 atom stereocenters. The lowest BCUT2D eigenvalue weighted by molar-refractivity contribution is 0.584. The quantitative estimate of drug-likeness (QED) is 0.398. The Bertz CT molecular complexity index is 665. The lowest BCUT2D eigenvalue weighted by Gasteiger charge is -2.24. The first-order valence-electron chi connectivity index (χ1n) is 8.20. The van der Waals surface area contributed by atoms with E-state index in [0.717, 1.165) is 23.9 Å². The van der Waals surface area contributed by atoms with Crippen molar-refractivity contribution in [3.8, 4) is 5.82 Å². The Kier molecular flexibility index (Phi) is 7.55. The van der Waals surface area contributed by atoms with E-state index in [9.17, 15) is 0 Å². The topological polar surface area (TPSA) is 67.1 Å². The molecule has 0 radical (unpaired) electrons. The number of imidazole rings is 1. The SMILES string of the molecule is CN=C(NCc1ccc(-n2ccnc2)nc1)NCC1(C)CCCS1.I. The third-order valence-electron chi connectivity index (χ3n) is 4.19. The predicted molar refractivity (Wildman–Crippen MR) is 115 cm³/mol. The highest BCUT2D eigenvalue weighted by atomic mass is 127. The van der Waals surface area contributed by atoms with Gasteiger partial charge in [-0.1, -0.05) is 6.07 Å². The van der Waals surface area contributed by atoms with Crippen molar-refractivity contribution in [3.63, 3.8) is 0 Å². The summed E-state index contributed by atoms with van der Waals surface area (Å²) in [5, 5.41) is 6.79. The van der Waals surface area contributed by atoms with Crippen LogP contribution < -0.4 is 10.6 Å². The van der Waals surface area contributed by atoms with Crippen molar-refractivity contribution >= 4 is 41.7 Å². The molecule has 136 valence electrons. The van der Waals surface area contributed by atoms with Crippen LogP contribution in [-0.2, 0) is 6.54 Å². The zero-order valence-corrected chi connectivity index (χ0v) is 17.8. The van der Waals surface area contributed by atoms with Gasteiger partial charge in [0.25, 0.3) is 0 Å². The number of aromatic nitrogens is 3. The van der Waals surface area contributed by atoms with Gasteiger partial charge in [-0.25, -0.2) is 9.97 Å². The number of hydrogen-bond acceptors (Lipinski definition) is 4. The molecular weight excluding hydrogens is 447 g/mol. The van der Waals surface area contributed by atoms with E-state index in [1.54, 1.807) is 19.6 Å². The molecule has 0 aliphatic carbocycles. The van der Waals surface area contributed by atoms with Crippen molar-refractivity contribution in [3.05, 3.63) is 42.6 Å². The molecule has 1 aliphatic heterocycles. The molecule has 1 aliphatic rings. The molecule has 8 heteroatoms. The van der Waals surface area contributed by atoms with Crippen molar-refractivity contribution < 1.29 is 0 Å². The molecule has 1 saturated heterocycles. The molecule has 1 unspecified atom stereocenters. The Morgan fingerprint density at radius 3 is 2.88 bits per heavy atom. The number of aliphatic imine (C=N–C) groups is 1. The second-order valence-electron chi connectivity index (χ2n) is 6.18. The van der Waals surface area contributed by atoms with E-state index in [1.165, 1.54) is 18.6 Å². The monoisotopic (exact) mass is 472 g/mol. The van der Waals surface area contributed by atoms with Gasteiger partial charge in [-0.2, -0.15) is 11.8 Å². The first kappa shape index (κ1) is 20.0. The number of halogens is 1. The van der Waals surface area contributed by atoms with Crippen molar-refractivity contribution in [2.24, 2.45) is 4.99 Å². The van der Waals surface area contributed by atoms with Crippen molar-refractivity contribution in [2.75, 3.05) is 19.3 Å². The Hall–Kier alpha value is -1.29. The van der Waals surface area contributed by atoms with E-state index in [1.807, 2.05) is 34.8 Å². The summed E-state index contributed by atoms with van der Waals surface area (Å²) in [6.07, 6.45) is 9.83. The number of nitrogens with one attached hydrogen (secondary N) is 2. The fourth-order valence-electron chi connectivity index (χ4n) is 2.72. The van der Waals surface area contributed by atoms with Crippen LogP contribution in [0.5, 0.6) is 0 Å². The van der Waals surface area contributed by atoms with Gasteiger partial charge in [0.15, 0.2) is 5.96 Å². The molecule has 1 fully saturated rings. The maximum absolute atomic E-state index is 4.46. The van der Waals surface area contributed by atoms with Crippen LogP contribution in [0.25, 0.3) is 5.82 Å². The maximum atomic E-state index is 4.46. The number of hydrogen-bond donors (Lipinski definition) is 2. The zero-order valence-electron chi connectivity index (χ0n) is 14.6. The first-order chi connectivity index (χ1) is 11.7. The minimum atomic E-state index is 0. The summed E-state index contributed by atoms with van der Waals surface area (Å²) in [7, 11) is 1.81. The van der Waals surface area contributed by atoms with Gasteiger partial charge in [0.1, 0.15) is 12.1 Å². The van der Waals surface area contributed by atoms with Crippen molar-refractivity contribution in [1.29, 1.82) is 0 Å². The fourth-order valence-corrected chi connectivity index (χ4v) is 3.97. The minimum absolute atomic E-state index is 0. The average molecular weight is 472 g/mol. The third kappa shape index (κ3) is 5.60. The van der Waals surface area contributed by atoms with E-state index in [-0.39, 0.29) is 24.0 Å². The molecule has 0 aromatic carbocycles. The molecule has 0 amide bonds. The Morgan fingerprint density at radius 1 is 1.40 bits per heavy atom. The minimum Gasteiger partial charge on any atom is -0.355 e. The third-order valence-corrected chi connectivity index (χ3v) is 5.73. The van der Waals surface area contributed by atoms with Crippen LogP contribution in [-0.4, -0.2) is 44.6 Å². The number of rotatable bonds is 5. The van der Waals surface area contributed by atoms with Gasteiger partial charge < -0.3 is 10.6 Å². The Balaban J connectivity index is 0.00000225. The van der Waals surface area contributed by atoms with Crippen LogP contribution >= 0.6 is 35.7 Å².